The molecule has 1 aromatic carbocycles. The number of unbranched alkanes of at least 4 members (excludes halogenated alkanes) is 3. The highest BCUT2D eigenvalue weighted by molar-refractivity contribution is 5.81. The van der Waals surface area contributed by atoms with E-state index in [4.69, 9.17) is 0 Å². The molecule has 0 unspecified atom stereocenters. The molecule has 0 radical (unpaired) electrons. The van der Waals surface area contributed by atoms with Gasteiger partial charge in [-0.1, -0.05) is 26.2 Å². The van der Waals surface area contributed by atoms with Gasteiger partial charge in [0.15, 0.2) is 11.5 Å². The summed E-state index contributed by atoms with van der Waals surface area (Å²) >= 11 is 0. The number of nitrogens with zero attached hydrogens (tertiary/aromatic N) is 3. The molecule has 0 atom stereocenters. The fraction of sp³-hybridized carbons (Fsp3) is 0.444. The van der Waals surface area contributed by atoms with Gasteiger partial charge in [-0.2, -0.15) is 4.98 Å². The third kappa shape index (κ3) is 2.96. The number of aryl methyl sites for hydroxylation is 3. The van der Waals surface area contributed by atoms with Crippen LogP contribution in [0.25, 0.3) is 22.6 Å². The van der Waals surface area contributed by atoms with Crippen LogP contribution in [-0.2, 0) is 6.54 Å². The van der Waals surface area contributed by atoms with Gasteiger partial charge in [-0.15, -0.1) is 0 Å². The summed E-state index contributed by atoms with van der Waals surface area (Å²) in [5.74, 6) is 0.371. The largest absolute Gasteiger partial charge is 0.349 e. The Morgan fingerprint density at radius 1 is 1.04 bits per heavy atom. The van der Waals surface area contributed by atoms with Gasteiger partial charge >= 0.3 is 5.69 Å². The van der Waals surface area contributed by atoms with E-state index in [1.165, 1.54) is 6.42 Å². The van der Waals surface area contributed by atoms with Gasteiger partial charge in [-0.05, 0) is 43.5 Å². The molecule has 0 spiro atoms. The molecule has 3 rings (SSSR count). The minimum atomic E-state index is -0.625. The second-order valence-electron chi connectivity index (χ2n) is 6.29. The van der Waals surface area contributed by atoms with Crippen LogP contribution in [0.4, 0.5) is 0 Å². The normalized spacial score (nSPS) is 11.5. The predicted octanol–water partition coefficient (Wildman–Crippen LogP) is 2.78. The molecule has 126 valence electrons. The molecule has 2 aliphatic rings. The van der Waals surface area contributed by atoms with Crippen LogP contribution >= 0.6 is 0 Å². The molecule has 0 aromatic heterocycles. The number of aromatic nitrogens is 4. The van der Waals surface area contributed by atoms with Crippen molar-refractivity contribution < 1.29 is 0 Å². The molecule has 0 saturated heterocycles. The third-order valence-corrected chi connectivity index (χ3v) is 4.46. The Labute approximate surface area is 139 Å². The van der Waals surface area contributed by atoms with Crippen LogP contribution in [0.5, 0.6) is 0 Å². The van der Waals surface area contributed by atoms with Crippen molar-refractivity contribution in [2.45, 2.75) is 53.0 Å². The number of hydrogen-bond acceptors (Lipinski definition) is 4. The third-order valence-electron chi connectivity index (χ3n) is 4.46. The van der Waals surface area contributed by atoms with Crippen LogP contribution in [-0.4, -0.2) is 19.5 Å². The first-order valence-electron chi connectivity index (χ1n) is 8.43. The lowest BCUT2D eigenvalue weighted by Crippen LogP contribution is -2.29. The number of nitrogens with one attached hydrogen (secondary N) is 1. The fourth-order valence-corrected chi connectivity index (χ4v) is 2.97. The molecule has 24 heavy (non-hydrogen) atoms. The fourth-order valence-electron chi connectivity index (χ4n) is 2.97. The Morgan fingerprint density at radius 2 is 1.79 bits per heavy atom. The second kappa shape index (κ2) is 6.55. The number of benzene rings is 1. The molecular weight excluding hydrogens is 304 g/mol. The van der Waals surface area contributed by atoms with Crippen molar-refractivity contribution in [3.05, 3.63) is 44.1 Å². The number of hydrogen-bond donors (Lipinski definition) is 1. The maximum absolute atomic E-state index is 12.2. The van der Waals surface area contributed by atoms with Gasteiger partial charge in [0, 0.05) is 6.54 Å². The summed E-state index contributed by atoms with van der Waals surface area (Å²) in [6.45, 7) is 6.95. The van der Waals surface area contributed by atoms with Gasteiger partial charge in [0.05, 0.1) is 11.0 Å². The maximum Gasteiger partial charge on any atom is 0.349 e. The van der Waals surface area contributed by atoms with E-state index in [0.29, 0.717) is 12.4 Å². The maximum atomic E-state index is 12.2. The van der Waals surface area contributed by atoms with E-state index in [1.807, 2.05) is 24.5 Å². The number of H-pyrrole nitrogens is 1. The first kappa shape index (κ1) is 16.4. The Hall–Kier alpha value is -2.50. The summed E-state index contributed by atoms with van der Waals surface area (Å²) < 4.78 is 1.97. The molecule has 0 bridgehead atoms. The summed E-state index contributed by atoms with van der Waals surface area (Å²) in [5.41, 5.74) is 3.06. The van der Waals surface area contributed by atoms with Crippen LogP contribution in [0, 0.1) is 13.8 Å². The number of rotatable bonds is 5. The van der Waals surface area contributed by atoms with E-state index >= 15 is 0 Å². The van der Waals surface area contributed by atoms with Gasteiger partial charge < -0.3 is 4.57 Å². The quantitative estimate of drug-likeness (QED) is 0.577. The van der Waals surface area contributed by atoms with Crippen molar-refractivity contribution in [3.63, 3.8) is 0 Å². The SMILES string of the molecule is CCCCCCn1c2nc(=O)[nH]c(=O)c-2nc2cc(C)c(C)cc21. The van der Waals surface area contributed by atoms with Crippen molar-refractivity contribution in [3.8, 4) is 11.5 Å². The molecule has 6 heteroatoms. The molecule has 2 aliphatic heterocycles. The van der Waals surface area contributed by atoms with Crippen molar-refractivity contribution in [2.75, 3.05) is 0 Å². The van der Waals surface area contributed by atoms with E-state index in [0.717, 1.165) is 41.4 Å². The van der Waals surface area contributed by atoms with Crippen molar-refractivity contribution >= 4 is 11.0 Å². The highest BCUT2D eigenvalue weighted by Gasteiger charge is 2.18. The first-order chi connectivity index (χ1) is 11.5. The molecule has 0 fully saturated rings. The van der Waals surface area contributed by atoms with E-state index in [9.17, 15) is 9.59 Å². The average molecular weight is 326 g/mol. The summed E-state index contributed by atoms with van der Waals surface area (Å²) in [6.07, 6.45) is 4.40. The summed E-state index contributed by atoms with van der Waals surface area (Å²) in [5, 5.41) is 0. The Morgan fingerprint density at radius 3 is 2.54 bits per heavy atom. The van der Waals surface area contributed by atoms with Crippen molar-refractivity contribution in [2.24, 2.45) is 0 Å². The highest BCUT2D eigenvalue weighted by atomic mass is 16.2. The smallest absolute Gasteiger partial charge is 0.322 e. The number of fused-ring (bicyclic) bond motifs is 2. The zero-order chi connectivity index (χ0) is 17.3. The van der Waals surface area contributed by atoms with E-state index in [-0.39, 0.29) is 5.69 Å². The van der Waals surface area contributed by atoms with E-state index < -0.39 is 11.2 Å². The molecule has 0 aliphatic carbocycles. The van der Waals surface area contributed by atoms with Gasteiger partial charge in [0.2, 0.25) is 0 Å². The zero-order valence-corrected chi connectivity index (χ0v) is 14.3. The van der Waals surface area contributed by atoms with Gasteiger partial charge in [0.1, 0.15) is 0 Å². The Balaban J connectivity index is 2.26. The lowest BCUT2D eigenvalue weighted by molar-refractivity contribution is 0.587. The van der Waals surface area contributed by atoms with E-state index in [1.54, 1.807) is 0 Å². The molecule has 1 aromatic rings. The standard InChI is InChI=1S/C18H22N4O2/c1-4-5-6-7-8-22-14-10-12(3)11(2)9-13(14)19-15-16(22)20-18(24)21-17(15)23/h9-10H,4-8H2,1-3H3,(H,21,23,24). The van der Waals surface area contributed by atoms with Gasteiger partial charge in [-0.25, -0.2) is 9.78 Å². The monoisotopic (exact) mass is 326 g/mol. The molecule has 1 N–H and O–H groups in total. The van der Waals surface area contributed by atoms with Crippen LogP contribution in [0.2, 0.25) is 0 Å². The van der Waals surface area contributed by atoms with Crippen molar-refractivity contribution in [1.82, 2.24) is 19.5 Å². The molecule has 0 amide bonds. The van der Waals surface area contributed by atoms with Crippen LogP contribution in [0.15, 0.2) is 21.7 Å². The average Bonchev–Trinajstić information content (AvgIpc) is 2.53. The molecular formula is C18H22N4O2. The Kier molecular flexibility index (Phi) is 4.46. The topological polar surface area (TPSA) is 80.6 Å². The molecule has 2 heterocycles. The lowest BCUT2D eigenvalue weighted by atomic mass is 10.1. The van der Waals surface area contributed by atoms with Gasteiger partial charge in [0.25, 0.3) is 5.56 Å². The Bertz CT molecular complexity index is 971. The summed E-state index contributed by atoms with van der Waals surface area (Å²) in [7, 11) is 0. The first-order valence-corrected chi connectivity index (χ1v) is 8.43. The van der Waals surface area contributed by atoms with Crippen molar-refractivity contribution in [1.29, 1.82) is 0 Å². The highest BCUT2D eigenvalue weighted by Crippen LogP contribution is 2.24. The second-order valence-corrected chi connectivity index (χ2v) is 6.29. The molecule has 6 nitrogen and oxygen atoms in total. The lowest BCUT2D eigenvalue weighted by Gasteiger charge is -2.17. The van der Waals surface area contributed by atoms with Crippen LogP contribution < -0.4 is 11.2 Å². The van der Waals surface area contributed by atoms with Crippen LogP contribution in [0.3, 0.4) is 0 Å². The molecule has 0 saturated carbocycles. The number of aromatic amines is 1. The summed E-state index contributed by atoms with van der Waals surface area (Å²) in [6, 6.07) is 4.04. The van der Waals surface area contributed by atoms with E-state index in [2.05, 4.69) is 27.9 Å². The minimum Gasteiger partial charge on any atom is -0.322 e. The summed E-state index contributed by atoms with van der Waals surface area (Å²) in [4.78, 5) is 34.5. The predicted molar refractivity (Wildman–Crippen MR) is 94.7 cm³/mol. The minimum absolute atomic E-state index is 0.223. The van der Waals surface area contributed by atoms with Crippen LogP contribution in [0.1, 0.15) is 43.7 Å². The van der Waals surface area contributed by atoms with Gasteiger partial charge in [-0.3, -0.25) is 9.78 Å². The zero-order valence-electron chi connectivity index (χ0n) is 14.3.